The van der Waals surface area contributed by atoms with Crippen molar-refractivity contribution < 1.29 is 14.3 Å². The number of aryl methyl sites for hydroxylation is 2. The lowest BCUT2D eigenvalue weighted by Gasteiger charge is -2.27. The van der Waals surface area contributed by atoms with Crippen molar-refractivity contribution in [3.8, 4) is 0 Å². The number of morpholine rings is 1. The number of aromatic amines is 1. The maximum Gasteiger partial charge on any atom is 0.274 e. The summed E-state index contributed by atoms with van der Waals surface area (Å²) in [5, 5.41) is 7.01. The number of aromatic nitrogens is 3. The van der Waals surface area contributed by atoms with E-state index < -0.39 is 0 Å². The molecule has 1 aliphatic heterocycles. The number of carbonyl (C=O) groups is 2. The average Bonchev–Trinajstić information content (AvgIpc) is 3.10. The van der Waals surface area contributed by atoms with Gasteiger partial charge in [0, 0.05) is 55.5 Å². The number of hydrogen-bond donors (Lipinski definition) is 3. The van der Waals surface area contributed by atoms with E-state index in [2.05, 4.69) is 25.6 Å². The van der Waals surface area contributed by atoms with E-state index in [1.54, 1.807) is 20.2 Å². The van der Waals surface area contributed by atoms with Crippen molar-refractivity contribution in [2.24, 2.45) is 0 Å². The molecule has 10 heteroatoms. The number of amides is 2. The molecule has 0 bridgehead atoms. The minimum atomic E-state index is -0.349. The highest BCUT2D eigenvalue weighted by molar-refractivity contribution is 6.04. The van der Waals surface area contributed by atoms with Gasteiger partial charge in [0.1, 0.15) is 11.5 Å². The zero-order valence-electron chi connectivity index (χ0n) is 19.4. The van der Waals surface area contributed by atoms with Gasteiger partial charge in [0.2, 0.25) is 11.9 Å². The van der Waals surface area contributed by atoms with E-state index in [4.69, 9.17) is 4.74 Å². The lowest BCUT2D eigenvalue weighted by Crippen LogP contribution is -2.38. The number of hydrogen-bond acceptors (Lipinski definition) is 7. The van der Waals surface area contributed by atoms with Gasteiger partial charge in [-0.3, -0.25) is 9.59 Å². The summed E-state index contributed by atoms with van der Waals surface area (Å²) < 4.78 is 5.42. The molecule has 0 spiro atoms. The first kappa shape index (κ1) is 22.5. The van der Waals surface area contributed by atoms with Crippen molar-refractivity contribution in [3.63, 3.8) is 0 Å². The number of rotatable bonds is 6. The standard InChI is InChI=1S/C23H29N7O3/c1-14-15(2)25-18-6-5-16(11-17(14)18)26-22(32)19-12-20(24-13-21(31)29(3)4)28-23(27-19)30-7-9-33-10-8-30/h5-6,11-12,25H,7-10,13H2,1-4H3,(H,26,32)(H,24,27,28). The minimum Gasteiger partial charge on any atom is -0.378 e. The number of nitrogens with one attached hydrogen (secondary N) is 3. The van der Waals surface area contributed by atoms with Crippen LogP contribution >= 0.6 is 0 Å². The Hall–Kier alpha value is -3.66. The van der Waals surface area contributed by atoms with Crippen LogP contribution in [0, 0.1) is 13.8 Å². The van der Waals surface area contributed by atoms with Crippen LogP contribution in [-0.4, -0.2) is 78.6 Å². The zero-order chi connectivity index (χ0) is 23.5. The highest BCUT2D eigenvalue weighted by Gasteiger charge is 2.19. The number of anilines is 3. The fourth-order valence-electron chi connectivity index (χ4n) is 3.60. The van der Waals surface area contributed by atoms with Crippen LogP contribution in [0.15, 0.2) is 24.3 Å². The number of carbonyl (C=O) groups excluding carboxylic acids is 2. The number of fused-ring (bicyclic) bond motifs is 1. The maximum absolute atomic E-state index is 13.1. The van der Waals surface area contributed by atoms with E-state index in [-0.39, 0.29) is 24.1 Å². The molecule has 1 fully saturated rings. The highest BCUT2D eigenvalue weighted by Crippen LogP contribution is 2.25. The van der Waals surface area contributed by atoms with Crippen LogP contribution in [0.25, 0.3) is 10.9 Å². The molecule has 33 heavy (non-hydrogen) atoms. The Labute approximate surface area is 192 Å². The Morgan fingerprint density at radius 2 is 1.91 bits per heavy atom. The fraction of sp³-hybridized carbons (Fsp3) is 0.391. The summed E-state index contributed by atoms with van der Waals surface area (Å²) in [7, 11) is 3.37. The van der Waals surface area contributed by atoms with Crippen LogP contribution in [0.3, 0.4) is 0 Å². The van der Waals surface area contributed by atoms with Gasteiger partial charge in [0.05, 0.1) is 19.8 Å². The second kappa shape index (κ2) is 9.45. The third-order valence-electron chi connectivity index (χ3n) is 5.73. The minimum absolute atomic E-state index is 0.0659. The number of nitrogens with zero attached hydrogens (tertiary/aromatic N) is 4. The second-order valence-corrected chi connectivity index (χ2v) is 8.27. The molecule has 0 saturated carbocycles. The van der Waals surface area contributed by atoms with Gasteiger partial charge in [-0.15, -0.1) is 0 Å². The van der Waals surface area contributed by atoms with Crippen molar-refractivity contribution in [2.45, 2.75) is 13.8 Å². The zero-order valence-corrected chi connectivity index (χ0v) is 19.4. The Morgan fingerprint density at radius 3 is 2.64 bits per heavy atom. The van der Waals surface area contributed by atoms with Crippen LogP contribution in [0.2, 0.25) is 0 Å². The summed E-state index contributed by atoms with van der Waals surface area (Å²) >= 11 is 0. The Balaban J connectivity index is 1.60. The monoisotopic (exact) mass is 451 g/mol. The van der Waals surface area contributed by atoms with Crippen LogP contribution in [0.4, 0.5) is 17.5 Å². The quantitative estimate of drug-likeness (QED) is 0.526. The molecule has 1 aliphatic rings. The molecule has 3 N–H and O–H groups in total. The van der Waals surface area contributed by atoms with Crippen LogP contribution < -0.4 is 15.5 Å². The highest BCUT2D eigenvalue weighted by atomic mass is 16.5. The first-order chi connectivity index (χ1) is 15.8. The summed E-state index contributed by atoms with van der Waals surface area (Å²) in [4.78, 5) is 41.0. The number of benzene rings is 1. The van der Waals surface area contributed by atoms with Gasteiger partial charge in [0.15, 0.2) is 0 Å². The van der Waals surface area contributed by atoms with Crippen molar-refractivity contribution in [2.75, 3.05) is 62.5 Å². The normalized spacial score (nSPS) is 13.8. The predicted octanol–water partition coefficient (Wildman–Crippen LogP) is 2.16. The first-order valence-electron chi connectivity index (χ1n) is 10.9. The third kappa shape index (κ3) is 5.06. The van der Waals surface area contributed by atoms with Crippen molar-refractivity contribution in [3.05, 3.63) is 41.2 Å². The summed E-state index contributed by atoms with van der Waals surface area (Å²) in [6.45, 7) is 6.53. The largest absolute Gasteiger partial charge is 0.378 e. The molecule has 0 unspecified atom stereocenters. The molecule has 4 rings (SSSR count). The van der Waals surface area contributed by atoms with Gasteiger partial charge in [-0.25, -0.2) is 4.98 Å². The summed E-state index contributed by atoms with van der Waals surface area (Å²) in [5.74, 6) is 0.397. The molecule has 0 radical (unpaired) electrons. The third-order valence-corrected chi connectivity index (χ3v) is 5.73. The second-order valence-electron chi connectivity index (χ2n) is 8.27. The molecule has 1 aromatic carbocycles. The van der Waals surface area contributed by atoms with E-state index in [1.165, 1.54) is 4.90 Å². The van der Waals surface area contributed by atoms with Gasteiger partial charge < -0.3 is 30.2 Å². The van der Waals surface area contributed by atoms with Crippen molar-refractivity contribution >= 4 is 40.2 Å². The Kier molecular flexibility index (Phi) is 6.45. The molecule has 2 aromatic heterocycles. The Morgan fingerprint density at radius 1 is 1.15 bits per heavy atom. The summed E-state index contributed by atoms with van der Waals surface area (Å²) in [5.41, 5.74) is 4.17. The van der Waals surface area contributed by atoms with Gasteiger partial charge in [-0.05, 0) is 37.6 Å². The van der Waals surface area contributed by atoms with E-state index in [0.717, 1.165) is 22.2 Å². The number of H-pyrrole nitrogens is 1. The van der Waals surface area contributed by atoms with Gasteiger partial charge in [0.25, 0.3) is 5.91 Å². The van der Waals surface area contributed by atoms with Gasteiger partial charge in [-0.2, -0.15) is 4.98 Å². The molecule has 3 heterocycles. The van der Waals surface area contributed by atoms with Gasteiger partial charge >= 0.3 is 0 Å². The Bertz CT molecular complexity index is 1180. The lowest BCUT2D eigenvalue weighted by atomic mass is 10.1. The number of ether oxygens (including phenoxy) is 1. The molecule has 3 aromatic rings. The van der Waals surface area contributed by atoms with E-state index in [0.29, 0.717) is 43.8 Å². The molecule has 10 nitrogen and oxygen atoms in total. The first-order valence-corrected chi connectivity index (χ1v) is 10.9. The molecule has 0 aliphatic carbocycles. The summed E-state index contributed by atoms with van der Waals surface area (Å²) in [6.07, 6.45) is 0. The average molecular weight is 452 g/mol. The molecular formula is C23H29N7O3. The van der Waals surface area contributed by atoms with Crippen LogP contribution in [0.5, 0.6) is 0 Å². The molecule has 1 saturated heterocycles. The number of likely N-dealkylation sites (N-methyl/N-ethyl adjacent to an activating group) is 1. The molecular weight excluding hydrogens is 422 g/mol. The molecule has 0 atom stereocenters. The molecule has 174 valence electrons. The van der Waals surface area contributed by atoms with E-state index in [9.17, 15) is 9.59 Å². The SMILES string of the molecule is Cc1[nH]c2ccc(NC(=O)c3cc(NCC(=O)N(C)C)nc(N4CCOCC4)n3)cc2c1C. The smallest absolute Gasteiger partial charge is 0.274 e. The predicted molar refractivity (Wildman–Crippen MR) is 128 cm³/mol. The molecule has 2 amide bonds. The van der Waals surface area contributed by atoms with Crippen LogP contribution in [0.1, 0.15) is 21.7 Å². The fourth-order valence-corrected chi connectivity index (χ4v) is 3.60. The summed E-state index contributed by atoms with van der Waals surface area (Å²) in [6, 6.07) is 7.32. The maximum atomic E-state index is 13.1. The van der Waals surface area contributed by atoms with Crippen molar-refractivity contribution in [1.29, 1.82) is 0 Å². The van der Waals surface area contributed by atoms with Gasteiger partial charge in [-0.1, -0.05) is 0 Å². The lowest BCUT2D eigenvalue weighted by molar-refractivity contribution is -0.126. The van der Waals surface area contributed by atoms with Crippen molar-refractivity contribution in [1.82, 2.24) is 19.9 Å². The van der Waals surface area contributed by atoms with Crippen LogP contribution in [-0.2, 0) is 9.53 Å². The topological polar surface area (TPSA) is 115 Å². The van der Waals surface area contributed by atoms with E-state index in [1.807, 2.05) is 36.9 Å². The van der Waals surface area contributed by atoms with E-state index >= 15 is 0 Å².